The maximum Gasteiger partial charge on any atom is 0.415 e. The van der Waals surface area contributed by atoms with Gasteiger partial charge in [-0.15, -0.1) is 11.6 Å². The van der Waals surface area contributed by atoms with Crippen molar-refractivity contribution in [3.63, 3.8) is 0 Å². The Bertz CT molecular complexity index is 3490. The number of halogens is 1. The van der Waals surface area contributed by atoms with Crippen molar-refractivity contribution in [2.45, 2.75) is 64.6 Å². The molecule has 4 heterocycles. The van der Waals surface area contributed by atoms with Crippen LogP contribution in [0.15, 0.2) is 109 Å². The molecule has 0 saturated heterocycles. The number of phenolic OH excluding ortho intramolecular Hbond substituents is 1. The summed E-state index contributed by atoms with van der Waals surface area (Å²) in [5, 5.41) is 29.0. The number of carbonyl (C=O) groups is 8. The number of rotatable bonds is 26. The van der Waals surface area contributed by atoms with Crippen LogP contribution in [-0.4, -0.2) is 178 Å². The smallest absolute Gasteiger partial charge is 0.415 e. The first-order valence-electron chi connectivity index (χ1n) is 28.2. The molecule has 8 rings (SSSR count). The van der Waals surface area contributed by atoms with Gasteiger partial charge in [0, 0.05) is 98.8 Å². The van der Waals surface area contributed by atoms with Crippen molar-refractivity contribution in [1.82, 2.24) is 34.3 Å². The molecule has 454 valence electrons. The third-order valence-electron chi connectivity index (χ3n) is 14.9. The second kappa shape index (κ2) is 28.8. The average molecular weight is 1200 g/mol. The molecule has 2 aliphatic rings. The van der Waals surface area contributed by atoms with Gasteiger partial charge >= 0.3 is 12.2 Å². The summed E-state index contributed by atoms with van der Waals surface area (Å²) in [6.45, 7) is 5.81. The van der Waals surface area contributed by atoms with Gasteiger partial charge in [-0.25, -0.2) is 14.6 Å². The zero-order chi connectivity index (χ0) is 61.8. The van der Waals surface area contributed by atoms with E-state index in [1.807, 2.05) is 39.0 Å². The van der Waals surface area contributed by atoms with E-state index in [0.717, 1.165) is 21.4 Å². The van der Waals surface area contributed by atoms with E-state index in [4.69, 9.17) is 25.8 Å². The number of imidazole rings is 1. The molecule has 1 unspecified atom stereocenters. The number of aromatic nitrogens is 2. The van der Waals surface area contributed by atoms with Crippen molar-refractivity contribution in [3.05, 3.63) is 137 Å². The summed E-state index contributed by atoms with van der Waals surface area (Å²) in [4.78, 5) is 118. The number of amides is 8. The number of aryl methyl sites for hydroxylation is 1. The predicted molar refractivity (Wildman–Crippen MR) is 322 cm³/mol. The summed E-state index contributed by atoms with van der Waals surface area (Å²) in [5.41, 5.74) is 4.50. The van der Waals surface area contributed by atoms with Crippen molar-refractivity contribution in [1.29, 1.82) is 0 Å². The number of aromatic hydroxyl groups is 1. The van der Waals surface area contributed by atoms with Gasteiger partial charge < -0.3 is 59.5 Å². The number of carbonyl (C=O) groups excluding carboxylic acids is 8. The van der Waals surface area contributed by atoms with Crippen LogP contribution in [0.25, 0.3) is 16.4 Å². The number of hydrogen-bond donors (Lipinski definition) is 5. The van der Waals surface area contributed by atoms with Gasteiger partial charge in [0.15, 0.2) is 0 Å². The van der Waals surface area contributed by atoms with Crippen LogP contribution in [0.5, 0.6) is 11.5 Å². The molecule has 0 radical (unpaired) electrons. The van der Waals surface area contributed by atoms with Crippen LogP contribution in [0.1, 0.15) is 76.6 Å². The van der Waals surface area contributed by atoms with Crippen molar-refractivity contribution in [2.24, 2.45) is 5.92 Å². The molecule has 86 heavy (non-hydrogen) atoms. The molecule has 5 N–H and O–H groups in total. The highest BCUT2D eigenvalue weighted by molar-refractivity contribution is 6.19. The van der Waals surface area contributed by atoms with Gasteiger partial charge in [-0.3, -0.25) is 38.6 Å². The summed E-state index contributed by atoms with van der Waals surface area (Å²) in [6, 6.07) is 21.6. The Morgan fingerprint density at radius 3 is 2.23 bits per heavy atom. The average Bonchev–Trinajstić information content (AvgIpc) is 1.59. The number of nitrogens with one attached hydrogen (secondary N) is 3. The van der Waals surface area contributed by atoms with E-state index in [9.17, 15) is 48.6 Å². The first-order chi connectivity index (χ1) is 41.2. The highest BCUT2D eigenvalue weighted by atomic mass is 35.5. The first-order valence-corrected chi connectivity index (χ1v) is 28.7. The molecule has 0 saturated carbocycles. The molecule has 23 nitrogen and oxygen atoms in total. The molecular weight excluding hydrogens is 1130 g/mol. The molecule has 24 heteroatoms. The number of aliphatic hydroxyl groups excluding tert-OH is 1. The highest BCUT2D eigenvalue weighted by Gasteiger charge is 2.37. The lowest BCUT2D eigenvalue weighted by atomic mass is 9.92. The van der Waals surface area contributed by atoms with E-state index in [0.29, 0.717) is 52.1 Å². The Morgan fingerprint density at radius 2 is 1.55 bits per heavy atom. The number of unbranched alkanes of at least 4 members (excludes halogenated alkanes) is 1. The molecule has 2 aromatic heterocycles. The van der Waals surface area contributed by atoms with Crippen LogP contribution < -0.4 is 25.6 Å². The molecule has 0 spiro atoms. The number of imide groups is 1. The van der Waals surface area contributed by atoms with Gasteiger partial charge in [0.1, 0.15) is 35.5 Å². The van der Waals surface area contributed by atoms with Gasteiger partial charge in [0.05, 0.1) is 37.2 Å². The van der Waals surface area contributed by atoms with Crippen LogP contribution in [-0.2, 0) is 35.3 Å². The number of ether oxygens (including phenoxy) is 3. The predicted octanol–water partition coefficient (Wildman–Crippen LogP) is 6.92. The van der Waals surface area contributed by atoms with E-state index >= 15 is 0 Å². The highest BCUT2D eigenvalue weighted by Crippen LogP contribution is 2.47. The van der Waals surface area contributed by atoms with E-state index in [1.165, 1.54) is 53.3 Å². The van der Waals surface area contributed by atoms with Gasteiger partial charge in [-0.2, -0.15) is 0 Å². The number of hydrogen-bond acceptors (Lipinski definition) is 15. The molecule has 0 aliphatic carbocycles. The topological polar surface area (TPSA) is 274 Å². The van der Waals surface area contributed by atoms with E-state index < -0.39 is 53.8 Å². The maximum atomic E-state index is 14.6. The minimum Gasteiger partial charge on any atom is -0.508 e. The van der Waals surface area contributed by atoms with Gasteiger partial charge in [-0.1, -0.05) is 44.2 Å². The van der Waals surface area contributed by atoms with Crippen LogP contribution in [0.4, 0.5) is 26.7 Å². The van der Waals surface area contributed by atoms with Gasteiger partial charge in [0.2, 0.25) is 11.8 Å². The van der Waals surface area contributed by atoms with Crippen LogP contribution >= 0.6 is 11.6 Å². The second-order valence-electron chi connectivity index (χ2n) is 21.6. The third kappa shape index (κ3) is 15.3. The minimum atomic E-state index is -0.928. The number of phenols is 1. The number of aliphatic hydroxyl groups is 1. The molecule has 3 atom stereocenters. The standard InChI is InChI=1S/C62H71ClN10O13/c1-38(2)56(68(4)5)59(80)67-47(12-7-8-25-72-52(76)23-24-53(72)77)58(79)64-43-17-13-40(14-18-43)37-85-61(82)69(6)26-27-70(28-30-84-31-29-74)62(83)86-50-32-49-55(54-39(3)10-9-11-46(50)54)42(33-63)34-73(49)60(81)48-36-71-35-44(19-22-51(71)66-48)65-57(78)41-15-20-45(75)21-16-41/h9-11,13-24,32,35-36,38,42,47,56,74-75H,7-8,12,25-31,33-34,37H2,1-6H3,(H,64,79)(H,65,78)(H,67,80)/t42-,47?,56+/m1/s1. The molecule has 6 aromatic rings. The number of fused-ring (bicyclic) bond motifs is 4. The lowest BCUT2D eigenvalue weighted by molar-refractivity contribution is -0.137. The van der Waals surface area contributed by atoms with E-state index in [2.05, 4.69) is 20.9 Å². The van der Waals surface area contributed by atoms with Crippen molar-refractivity contribution >= 4 is 92.7 Å². The fourth-order valence-electron chi connectivity index (χ4n) is 10.5. The third-order valence-corrected chi connectivity index (χ3v) is 15.2. The lowest BCUT2D eigenvalue weighted by Crippen LogP contribution is -2.52. The Morgan fingerprint density at radius 1 is 0.826 bits per heavy atom. The zero-order valence-corrected chi connectivity index (χ0v) is 49.5. The normalized spacial score (nSPS) is 14.4. The Hall–Kier alpha value is -8.90. The number of pyridine rings is 1. The molecule has 8 amide bonds. The molecule has 0 fully saturated rings. The fourth-order valence-corrected chi connectivity index (χ4v) is 10.7. The summed E-state index contributed by atoms with van der Waals surface area (Å²) in [5.74, 6) is -2.37. The quantitative estimate of drug-likeness (QED) is 0.0209. The van der Waals surface area contributed by atoms with E-state index in [-0.39, 0.29) is 106 Å². The molecule has 2 aliphatic heterocycles. The van der Waals surface area contributed by atoms with Crippen molar-refractivity contribution < 1.29 is 62.8 Å². The molecule has 0 bridgehead atoms. The first kappa shape index (κ1) is 63.1. The number of anilines is 3. The largest absolute Gasteiger partial charge is 0.508 e. The van der Waals surface area contributed by atoms with Crippen LogP contribution in [0, 0.1) is 12.8 Å². The summed E-state index contributed by atoms with van der Waals surface area (Å²) < 4.78 is 19.0. The zero-order valence-electron chi connectivity index (χ0n) is 48.8. The Balaban J connectivity index is 0.908. The second-order valence-corrected chi connectivity index (χ2v) is 21.9. The SMILES string of the molecule is Cc1cccc2c(OC(=O)N(CCOCCO)CCN(C)C(=O)OCc3ccc(NC(=O)C(CCCCN4C(=O)C=CC4=O)NC(=O)[C@H](C(C)C)N(C)C)cc3)cc3c(c12)[C@H](CCl)CN3C(=O)c1cn2cc(NC(=O)c3ccc(O)cc3)ccc2n1. The van der Waals surface area contributed by atoms with Gasteiger partial charge in [-0.05, 0) is 117 Å². The number of nitrogens with zero attached hydrogens (tertiary/aromatic N) is 7. The molecular formula is C62H71ClN10O13. The lowest BCUT2D eigenvalue weighted by Gasteiger charge is -2.29. The molecule has 4 aromatic carbocycles. The number of benzene rings is 4. The number of likely N-dealkylation sites (N-methyl/N-ethyl adjacent to an activating group) is 2. The van der Waals surface area contributed by atoms with Crippen LogP contribution in [0.2, 0.25) is 0 Å². The Kier molecular flexibility index (Phi) is 21.1. The minimum absolute atomic E-state index is 0.00377. The number of alkyl halides is 1. The maximum absolute atomic E-state index is 14.6. The fraction of sp³-hybridized carbons (Fsp3) is 0.371. The van der Waals surface area contributed by atoms with E-state index in [1.54, 1.807) is 83.2 Å². The van der Waals surface area contributed by atoms with Crippen molar-refractivity contribution in [2.75, 3.05) is 95.1 Å². The van der Waals surface area contributed by atoms with Gasteiger partial charge in [0.25, 0.3) is 23.6 Å². The summed E-state index contributed by atoms with van der Waals surface area (Å²) in [6.07, 6.45) is 5.26. The summed E-state index contributed by atoms with van der Waals surface area (Å²) >= 11 is 6.64. The monoisotopic (exact) mass is 1200 g/mol. The van der Waals surface area contributed by atoms with Crippen LogP contribution in [0.3, 0.4) is 0 Å². The summed E-state index contributed by atoms with van der Waals surface area (Å²) in [7, 11) is 5.09. The Labute approximate surface area is 502 Å². The van der Waals surface area contributed by atoms with Crippen molar-refractivity contribution in [3.8, 4) is 11.5 Å².